The van der Waals surface area contributed by atoms with Crippen molar-refractivity contribution in [1.82, 2.24) is 25.4 Å². The Bertz CT molecular complexity index is 929. The quantitative estimate of drug-likeness (QED) is 0.440. The fourth-order valence-corrected chi connectivity index (χ4v) is 3.72. The average molecular weight is 411 g/mol. The maximum atomic E-state index is 4.74. The van der Waals surface area contributed by atoms with Gasteiger partial charge in [0.25, 0.3) is 0 Å². The van der Waals surface area contributed by atoms with Crippen LogP contribution in [0.3, 0.4) is 0 Å². The average Bonchev–Trinajstić information content (AvgIpc) is 3.34. The molecule has 7 heteroatoms. The number of thiophene rings is 1. The highest BCUT2D eigenvalue weighted by molar-refractivity contribution is 7.09. The van der Waals surface area contributed by atoms with Crippen LogP contribution in [0.5, 0.6) is 0 Å². The molecule has 0 fully saturated rings. The second-order valence-corrected chi connectivity index (χ2v) is 8.37. The van der Waals surface area contributed by atoms with Gasteiger partial charge in [-0.1, -0.05) is 42.8 Å². The molecule has 6 nitrogen and oxygen atoms in total. The molecular weight excluding hydrogens is 380 g/mol. The lowest BCUT2D eigenvalue weighted by Gasteiger charge is -2.17. The first-order chi connectivity index (χ1) is 14.0. The predicted molar refractivity (Wildman–Crippen MR) is 121 cm³/mol. The number of hydrogen-bond donors (Lipinski definition) is 2. The molecule has 1 unspecified atom stereocenters. The molecule has 0 aliphatic rings. The topological polar surface area (TPSA) is 67.1 Å². The van der Waals surface area contributed by atoms with Crippen LogP contribution in [-0.4, -0.2) is 33.8 Å². The molecule has 1 aromatic carbocycles. The highest BCUT2D eigenvalue weighted by Gasteiger charge is 2.09. The lowest BCUT2D eigenvalue weighted by Crippen LogP contribution is -2.40. The van der Waals surface area contributed by atoms with E-state index in [9.17, 15) is 0 Å². The molecule has 0 aliphatic carbocycles. The standard InChI is InChI=1S/C22H30N6S/c1-16-7-5-8-19(13-16)17(2)14-24-22(23-11-10-20-9-6-12-29-20)25-15-21-27-26-18(3)28(21)4/h5-9,12-13,17H,10-11,14-15H2,1-4H3,(H2,23,24,25). The summed E-state index contributed by atoms with van der Waals surface area (Å²) in [6.07, 6.45) is 0.981. The predicted octanol–water partition coefficient (Wildman–Crippen LogP) is 3.58. The first-order valence-corrected chi connectivity index (χ1v) is 10.9. The summed E-state index contributed by atoms with van der Waals surface area (Å²) in [6.45, 7) is 8.45. The molecule has 3 rings (SSSR count). The van der Waals surface area contributed by atoms with Crippen molar-refractivity contribution in [2.24, 2.45) is 12.0 Å². The van der Waals surface area contributed by atoms with Gasteiger partial charge < -0.3 is 15.2 Å². The summed E-state index contributed by atoms with van der Waals surface area (Å²) in [4.78, 5) is 6.11. The molecular formula is C22H30N6S. The molecule has 0 amide bonds. The molecule has 2 heterocycles. The summed E-state index contributed by atoms with van der Waals surface area (Å²) < 4.78 is 1.97. The Balaban J connectivity index is 1.62. The zero-order valence-electron chi connectivity index (χ0n) is 17.6. The van der Waals surface area contributed by atoms with Crippen molar-refractivity contribution in [2.75, 3.05) is 13.1 Å². The minimum Gasteiger partial charge on any atom is -0.356 e. The Kier molecular flexibility index (Phi) is 7.41. The third-order valence-electron chi connectivity index (χ3n) is 4.99. The fraction of sp³-hybridized carbons (Fsp3) is 0.409. The molecule has 154 valence electrons. The van der Waals surface area contributed by atoms with Crippen molar-refractivity contribution in [1.29, 1.82) is 0 Å². The summed E-state index contributed by atoms with van der Waals surface area (Å²) in [5, 5.41) is 17.4. The van der Waals surface area contributed by atoms with Crippen LogP contribution in [0.1, 0.15) is 40.5 Å². The monoisotopic (exact) mass is 410 g/mol. The van der Waals surface area contributed by atoms with Crippen LogP contribution >= 0.6 is 11.3 Å². The Morgan fingerprint density at radius 2 is 2.03 bits per heavy atom. The molecule has 29 heavy (non-hydrogen) atoms. The van der Waals surface area contributed by atoms with E-state index in [1.165, 1.54) is 16.0 Å². The molecule has 0 radical (unpaired) electrons. The van der Waals surface area contributed by atoms with Crippen LogP contribution in [0.25, 0.3) is 0 Å². The van der Waals surface area contributed by atoms with E-state index in [1.807, 2.05) is 18.5 Å². The van der Waals surface area contributed by atoms with Gasteiger partial charge >= 0.3 is 0 Å². The number of aryl methyl sites for hydroxylation is 2. The minimum absolute atomic E-state index is 0.385. The molecule has 0 saturated carbocycles. The zero-order valence-corrected chi connectivity index (χ0v) is 18.5. The van der Waals surface area contributed by atoms with E-state index in [-0.39, 0.29) is 0 Å². The second-order valence-electron chi connectivity index (χ2n) is 7.34. The highest BCUT2D eigenvalue weighted by Crippen LogP contribution is 2.15. The van der Waals surface area contributed by atoms with Gasteiger partial charge in [0.2, 0.25) is 0 Å². The van der Waals surface area contributed by atoms with Gasteiger partial charge in [-0.15, -0.1) is 21.5 Å². The van der Waals surface area contributed by atoms with Crippen LogP contribution in [0.2, 0.25) is 0 Å². The molecule has 2 aromatic heterocycles. The maximum absolute atomic E-state index is 4.74. The van der Waals surface area contributed by atoms with E-state index in [1.54, 1.807) is 11.3 Å². The first kappa shape index (κ1) is 21.0. The van der Waals surface area contributed by atoms with Crippen molar-refractivity contribution >= 4 is 17.3 Å². The summed E-state index contributed by atoms with van der Waals surface area (Å²) in [5.41, 5.74) is 2.62. The van der Waals surface area contributed by atoms with E-state index < -0.39 is 0 Å². The third kappa shape index (κ3) is 6.15. The Labute approximate surface area is 177 Å². The van der Waals surface area contributed by atoms with Crippen molar-refractivity contribution in [3.63, 3.8) is 0 Å². The fourth-order valence-electron chi connectivity index (χ4n) is 3.02. The van der Waals surface area contributed by atoms with Gasteiger partial charge in [0.1, 0.15) is 12.4 Å². The van der Waals surface area contributed by atoms with Gasteiger partial charge in [0.05, 0.1) is 0 Å². The van der Waals surface area contributed by atoms with Crippen LogP contribution < -0.4 is 10.6 Å². The number of nitrogens with zero attached hydrogens (tertiary/aromatic N) is 4. The lowest BCUT2D eigenvalue weighted by molar-refractivity contribution is 0.690. The van der Waals surface area contributed by atoms with E-state index in [0.29, 0.717) is 12.5 Å². The Morgan fingerprint density at radius 1 is 1.17 bits per heavy atom. The molecule has 2 N–H and O–H groups in total. The molecule has 0 bridgehead atoms. The molecule has 1 atom stereocenters. The SMILES string of the molecule is Cc1cccc(C(C)CNC(=NCc2nnc(C)n2C)NCCc2cccs2)c1. The Hall–Kier alpha value is -2.67. The van der Waals surface area contributed by atoms with Gasteiger partial charge in [-0.3, -0.25) is 0 Å². The highest BCUT2D eigenvalue weighted by atomic mass is 32.1. The number of rotatable bonds is 8. The van der Waals surface area contributed by atoms with Crippen LogP contribution in [-0.2, 0) is 20.0 Å². The summed E-state index contributed by atoms with van der Waals surface area (Å²) in [5.74, 6) is 2.94. The third-order valence-corrected chi connectivity index (χ3v) is 5.93. The van der Waals surface area contributed by atoms with Gasteiger partial charge in [-0.25, -0.2) is 4.99 Å². The normalized spacial score (nSPS) is 12.8. The molecule has 3 aromatic rings. The molecule has 0 spiro atoms. The number of hydrogen-bond acceptors (Lipinski definition) is 4. The smallest absolute Gasteiger partial charge is 0.191 e. The summed E-state index contributed by atoms with van der Waals surface area (Å²) >= 11 is 1.78. The van der Waals surface area contributed by atoms with Crippen molar-refractivity contribution < 1.29 is 0 Å². The number of guanidine groups is 1. The molecule has 0 saturated heterocycles. The van der Waals surface area contributed by atoms with Crippen LogP contribution in [0.15, 0.2) is 46.8 Å². The van der Waals surface area contributed by atoms with Crippen LogP contribution in [0.4, 0.5) is 0 Å². The number of benzene rings is 1. The maximum Gasteiger partial charge on any atom is 0.191 e. The molecule has 0 aliphatic heterocycles. The number of aromatic nitrogens is 3. The van der Waals surface area contributed by atoms with Gasteiger partial charge in [-0.2, -0.15) is 0 Å². The number of nitrogens with one attached hydrogen (secondary N) is 2. The van der Waals surface area contributed by atoms with E-state index in [0.717, 1.165) is 37.1 Å². The van der Waals surface area contributed by atoms with Crippen molar-refractivity contribution in [3.8, 4) is 0 Å². The zero-order chi connectivity index (χ0) is 20.6. The first-order valence-electron chi connectivity index (χ1n) is 9.99. The Morgan fingerprint density at radius 3 is 2.72 bits per heavy atom. The van der Waals surface area contributed by atoms with Gasteiger partial charge in [0.15, 0.2) is 11.8 Å². The summed E-state index contributed by atoms with van der Waals surface area (Å²) in [6, 6.07) is 12.9. The summed E-state index contributed by atoms with van der Waals surface area (Å²) in [7, 11) is 1.97. The lowest BCUT2D eigenvalue weighted by atomic mass is 9.99. The van der Waals surface area contributed by atoms with Gasteiger partial charge in [0, 0.05) is 25.0 Å². The van der Waals surface area contributed by atoms with Crippen LogP contribution in [0, 0.1) is 13.8 Å². The largest absolute Gasteiger partial charge is 0.356 e. The second kappa shape index (κ2) is 10.2. The van der Waals surface area contributed by atoms with E-state index in [4.69, 9.17) is 4.99 Å². The van der Waals surface area contributed by atoms with E-state index >= 15 is 0 Å². The number of aliphatic imine (C=N–C) groups is 1. The van der Waals surface area contributed by atoms with Crippen molar-refractivity contribution in [2.45, 2.75) is 39.7 Å². The minimum atomic E-state index is 0.385. The van der Waals surface area contributed by atoms with E-state index in [2.05, 4.69) is 76.5 Å². The van der Waals surface area contributed by atoms with Crippen molar-refractivity contribution in [3.05, 3.63) is 69.4 Å². The van der Waals surface area contributed by atoms with Gasteiger partial charge in [-0.05, 0) is 43.2 Å².